The number of nitrogens with zero attached hydrogens (tertiary/aromatic N) is 4. The number of H-pyrrole nitrogens is 2. The van der Waals surface area contributed by atoms with Gasteiger partial charge in [-0.25, -0.2) is 4.98 Å². The molecule has 0 amide bonds. The molecule has 0 aromatic carbocycles. The topological polar surface area (TPSA) is 95.2 Å². The summed E-state index contributed by atoms with van der Waals surface area (Å²) in [6.07, 6.45) is 13.8. The fourth-order valence-corrected chi connectivity index (χ4v) is 4.77. The Hall–Kier alpha value is -4.78. The van der Waals surface area contributed by atoms with Gasteiger partial charge in [0.05, 0.1) is 23.3 Å². The number of hydrogen-bond acceptors (Lipinski definition) is 5. The van der Waals surface area contributed by atoms with Gasteiger partial charge >= 0.3 is 0 Å². The zero-order valence-electron chi connectivity index (χ0n) is 22.8. The maximum absolute atomic E-state index is 4.63. The van der Waals surface area contributed by atoms with Gasteiger partial charge in [-0.15, -0.1) is 0 Å². The van der Waals surface area contributed by atoms with Gasteiger partial charge in [0.1, 0.15) is 0 Å². The highest BCUT2D eigenvalue weighted by atomic mass is 15.2. The average Bonchev–Trinajstić information content (AvgIpc) is 3.49. The molecule has 0 aliphatic heterocycles. The van der Waals surface area contributed by atoms with Crippen LogP contribution in [0.1, 0.15) is 44.0 Å². The second-order valence-corrected chi connectivity index (χ2v) is 10.9. The maximum Gasteiger partial charge on any atom is 0.181 e. The van der Waals surface area contributed by atoms with Gasteiger partial charge in [-0.2, -0.15) is 5.10 Å². The number of pyridine rings is 3. The Morgan fingerprint density at radius 1 is 1.05 bits per heavy atom. The van der Waals surface area contributed by atoms with Crippen molar-refractivity contribution < 1.29 is 0 Å². The molecule has 0 bridgehead atoms. The van der Waals surface area contributed by atoms with Crippen LogP contribution in [0.3, 0.4) is 0 Å². The monoisotopic (exact) mass is 515 g/mol. The Morgan fingerprint density at radius 3 is 2.62 bits per heavy atom. The summed E-state index contributed by atoms with van der Waals surface area (Å²) >= 11 is 0. The van der Waals surface area contributed by atoms with Crippen LogP contribution in [0.4, 0.5) is 5.69 Å². The van der Waals surface area contributed by atoms with Crippen molar-refractivity contribution in [2.45, 2.75) is 34.1 Å². The van der Waals surface area contributed by atoms with Crippen molar-refractivity contribution in [2.24, 2.45) is 5.41 Å². The molecule has 5 rings (SSSR count). The first-order chi connectivity index (χ1) is 18.7. The van der Waals surface area contributed by atoms with Gasteiger partial charge in [-0.1, -0.05) is 52.1 Å². The Kier molecular flexibility index (Phi) is 6.98. The van der Waals surface area contributed by atoms with E-state index in [1.165, 1.54) is 0 Å². The smallest absolute Gasteiger partial charge is 0.181 e. The molecule has 0 unspecified atom stereocenters. The van der Waals surface area contributed by atoms with Gasteiger partial charge in [-0.05, 0) is 48.6 Å². The minimum absolute atomic E-state index is 0.151. The number of hydrogen-bond donors (Lipinski definition) is 3. The van der Waals surface area contributed by atoms with Crippen molar-refractivity contribution in [3.8, 4) is 22.5 Å². The molecule has 0 aliphatic rings. The number of rotatable bonds is 8. The number of aryl methyl sites for hydroxylation is 1. The summed E-state index contributed by atoms with van der Waals surface area (Å²) in [5, 5.41) is 12.0. The van der Waals surface area contributed by atoms with E-state index >= 15 is 0 Å². The lowest BCUT2D eigenvalue weighted by atomic mass is 9.91. The Morgan fingerprint density at radius 2 is 1.87 bits per heavy atom. The van der Waals surface area contributed by atoms with Crippen molar-refractivity contribution >= 4 is 22.3 Å². The summed E-state index contributed by atoms with van der Waals surface area (Å²) in [4.78, 5) is 16.9. The number of aromatic nitrogens is 6. The van der Waals surface area contributed by atoms with E-state index in [1.807, 2.05) is 43.0 Å². The number of allylic oxidation sites excluding steroid dienone is 3. The molecule has 0 fully saturated rings. The standard InChI is InChI=1S/C32H33N7/c1-7-9-26(22-10-8-11-33-16-22)27-14-29(37-21(27)3)30-28-13-24(18-35-31(28)39-38-30)23-12-25(19-34-17-23)36-20(2)15-32(4,5)6/h7-14,16-19,36-37H,1-2,15H2,3-6H3,(H,35,38,39)/b26-9-. The molecular weight excluding hydrogens is 482 g/mol. The van der Waals surface area contributed by atoms with E-state index < -0.39 is 0 Å². The van der Waals surface area contributed by atoms with E-state index in [1.54, 1.807) is 12.3 Å². The lowest BCUT2D eigenvalue weighted by Crippen LogP contribution is -2.10. The van der Waals surface area contributed by atoms with Crippen LogP contribution in [-0.4, -0.2) is 30.1 Å². The third kappa shape index (κ3) is 5.72. The number of aromatic amines is 2. The molecule has 39 heavy (non-hydrogen) atoms. The first-order valence-electron chi connectivity index (χ1n) is 12.9. The highest BCUT2D eigenvalue weighted by Crippen LogP contribution is 2.34. The van der Waals surface area contributed by atoms with Crippen LogP contribution < -0.4 is 5.32 Å². The van der Waals surface area contributed by atoms with E-state index in [9.17, 15) is 0 Å². The van der Waals surface area contributed by atoms with Gasteiger partial charge in [0, 0.05) is 63.8 Å². The Labute approximate surface area is 228 Å². The van der Waals surface area contributed by atoms with Crippen molar-refractivity contribution in [3.05, 3.63) is 109 Å². The first kappa shape index (κ1) is 25.9. The molecule has 7 nitrogen and oxygen atoms in total. The van der Waals surface area contributed by atoms with Gasteiger partial charge < -0.3 is 10.3 Å². The van der Waals surface area contributed by atoms with Crippen LogP contribution in [0.25, 0.3) is 39.1 Å². The van der Waals surface area contributed by atoms with Crippen LogP contribution in [0.15, 0.2) is 92.3 Å². The molecule has 7 heteroatoms. The van der Waals surface area contributed by atoms with Crippen LogP contribution in [0.2, 0.25) is 0 Å². The number of anilines is 1. The second-order valence-electron chi connectivity index (χ2n) is 10.9. The highest BCUT2D eigenvalue weighted by molar-refractivity contribution is 5.94. The number of fused-ring (bicyclic) bond motifs is 1. The van der Waals surface area contributed by atoms with Crippen molar-refractivity contribution in [2.75, 3.05) is 5.32 Å². The average molecular weight is 516 g/mol. The number of nitrogens with one attached hydrogen (secondary N) is 3. The highest BCUT2D eigenvalue weighted by Gasteiger charge is 2.17. The van der Waals surface area contributed by atoms with Crippen molar-refractivity contribution in [1.82, 2.24) is 30.1 Å². The predicted molar refractivity (Wildman–Crippen MR) is 160 cm³/mol. The lowest BCUT2D eigenvalue weighted by Gasteiger charge is -2.20. The van der Waals surface area contributed by atoms with Crippen molar-refractivity contribution in [3.63, 3.8) is 0 Å². The van der Waals surface area contributed by atoms with Gasteiger partial charge in [0.25, 0.3) is 0 Å². The maximum atomic E-state index is 4.63. The Bertz CT molecular complexity index is 1680. The van der Waals surface area contributed by atoms with Crippen LogP contribution in [0.5, 0.6) is 0 Å². The minimum Gasteiger partial charge on any atom is -0.358 e. The summed E-state index contributed by atoms with van der Waals surface area (Å²) in [5.74, 6) is 0. The molecular formula is C32H33N7. The molecule has 0 spiro atoms. The molecule has 5 aromatic heterocycles. The molecule has 0 radical (unpaired) electrons. The minimum atomic E-state index is 0.151. The molecule has 5 heterocycles. The molecule has 0 saturated carbocycles. The summed E-state index contributed by atoms with van der Waals surface area (Å²) in [7, 11) is 0. The molecule has 0 atom stereocenters. The van der Waals surface area contributed by atoms with E-state index in [4.69, 9.17) is 0 Å². The molecule has 3 N–H and O–H groups in total. The third-order valence-corrected chi connectivity index (χ3v) is 6.38. The third-order valence-electron chi connectivity index (χ3n) is 6.38. The lowest BCUT2D eigenvalue weighted by molar-refractivity contribution is 0.411. The summed E-state index contributed by atoms with van der Waals surface area (Å²) < 4.78 is 0. The van der Waals surface area contributed by atoms with Crippen LogP contribution in [-0.2, 0) is 0 Å². The summed E-state index contributed by atoms with van der Waals surface area (Å²) in [6, 6.07) is 10.3. The van der Waals surface area contributed by atoms with Gasteiger partial charge in [-0.3, -0.25) is 15.1 Å². The fourth-order valence-electron chi connectivity index (χ4n) is 4.77. The molecule has 0 aliphatic carbocycles. The second kappa shape index (κ2) is 10.5. The van der Waals surface area contributed by atoms with E-state index in [0.717, 1.165) is 68.1 Å². The van der Waals surface area contributed by atoms with Gasteiger partial charge in [0.15, 0.2) is 5.65 Å². The zero-order valence-corrected chi connectivity index (χ0v) is 22.8. The fraction of sp³-hybridized carbons (Fsp3) is 0.188. The van der Waals surface area contributed by atoms with E-state index in [0.29, 0.717) is 5.65 Å². The quantitative estimate of drug-likeness (QED) is 0.184. The largest absolute Gasteiger partial charge is 0.358 e. The summed E-state index contributed by atoms with van der Waals surface area (Å²) in [5.41, 5.74) is 10.5. The van der Waals surface area contributed by atoms with E-state index in [-0.39, 0.29) is 5.41 Å². The predicted octanol–water partition coefficient (Wildman–Crippen LogP) is 7.70. The van der Waals surface area contributed by atoms with Crippen LogP contribution >= 0.6 is 0 Å². The Balaban J connectivity index is 1.49. The molecule has 0 saturated heterocycles. The van der Waals surface area contributed by atoms with Crippen LogP contribution in [0, 0.1) is 12.3 Å². The molecule has 196 valence electrons. The first-order valence-corrected chi connectivity index (χ1v) is 12.9. The van der Waals surface area contributed by atoms with Gasteiger partial charge in [0.2, 0.25) is 0 Å². The summed E-state index contributed by atoms with van der Waals surface area (Å²) in [6.45, 7) is 16.7. The molecule has 5 aromatic rings. The zero-order chi connectivity index (χ0) is 27.6. The van der Waals surface area contributed by atoms with Crippen molar-refractivity contribution in [1.29, 1.82) is 0 Å². The normalized spacial score (nSPS) is 12.1. The van der Waals surface area contributed by atoms with E-state index in [2.05, 4.69) is 94.5 Å². The SMILES string of the molecule is C=C/C=C(/c1cccnc1)c1cc(-c2[nH]nc3ncc(-c4cncc(NC(=C)CC(C)(C)C)c4)cc23)[nH]c1C.